The van der Waals surface area contributed by atoms with Gasteiger partial charge in [0.05, 0.1) is 5.52 Å². The van der Waals surface area contributed by atoms with Crippen LogP contribution in [-0.2, 0) is 6.42 Å². The van der Waals surface area contributed by atoms with Gasteiger partial charge in [-0.3, -0.25) is 9.78 Å². The van der Waals surface area contributed by atoms with Crippen LogP contribution in [0.5, 0.6) is 5.75 Å². The average molecular weight is 287 g/mol. The predicted octanol–water partition coefficient (Wildman–Crippen LogP) is 3.76. The first kappa shape index (κ1) is 12.8. The Kier molecular flexibility index (Phi) is 2.79. The van der Waals surface area contributed by atoms with E-state index in [1.165, 1.54) is 0 Å². The standard InChI is InChI=1S/C19H13NO2/c21-16-4-5-17-14(11-16)10-15(19(17)22)9-12-3-6-18-13(8-12)2-1-7-20-18/h1-9,11,21H,10H2/b15-9+. The number of hydrogen-bond donors (Lipinski definition) is 1. The van der Waals surface area contributed by atoms with Crippen LogP contribution in [0.25, 0.3) is 17.0 Å². The van der Waals surface area contributed by atoms with Crippen molar-refractivity contribution < 1.29 is 9.90 Å². The normalized spacial score (nSPS) is 15.5. The van der Waals surface area contributed by atoms with Gasteiger partial charge in [0, 0.05) is 29.1 Å². The van der Waals surface area contributed by atoms with Gasteiger partial charge < -0.3 is 5.11 Å². The van der Waals surface area contributed by atoms with Crippen LogP contribution in [-0.4, -0.2) is 15.9 Å². The number of ketones is 1. The molecule has 0 aliphatic heterocycles. The van der Waals surface area contributed by atoms with Gasteiger partial charge in [0.25, 0.3) is 0 Å². The highest BCUT2D eigenvalue weighted by atomic mass is 16.3. The molecule has 1 aliphatic rings. The first-order valence-corrected chi connectivity index (χ1v) is 7.13. The molecule has 106 valence electrons. The van der Waals surface area contributed by atoms with Crippen molar-refractivity contribution in [1.29, 1.82) is 0 Å². The number of aromatic hydroxyl groups is 1. The van der Waals surface area contributed by atoms with Gasteiger partial charge in [-0.15, -0.1) is 0 Å². The number of carbonyl (C=O) groups excluding carboxylic acids is 1. The number of fused-ring (bicyclic) bond motifs is 2. The first-order valence-electron chi connectivity index (χ1n) is 7.13. The Morgan fingerprint density at radius 1 is 1.09 bits per heavy atom. The summed E-state index contributed by atoms with van der Waals surface area (Å²) in [5, 5.41) is 10.6. The maximum absolute atomic E-state index is 12.4. The highest BCUT2D eigenvalue weighted by Crippen LogP contribution is 2.30. The number of carbonyl (C=O) groups is 1. The van der Waals surface area contributed by atoms with E-state index in [1.807, 2.05) is 36.4 Å². The molecule has 0 fully saturated rings. The number of allylic oxidation sites excluding steroid dienone is 1. The molecule has 1 aliphatic carbocycles. The lowest BCUT2D eigenvalue weighted by Gasteiger charge is -2.00. The van der Waals surface area contributed by atoms with Gasteiger partial charge in [-0.1, -0.05) is 12.1 Å². The number of benzene rings is 2. The number of Topliss-reactive ketones (excluding diaryl/α,β-unsaturated/α-hetero) is 1. The Morgan fingerprint density at radius 3 is 2.91 bits per heavy atom. The molecule has 1 heterocycles. The van der Waals surface area contributed by atoms with Gasteiger partial charge >= 0.3 is 0 Å². The fraction of sp³-hybridized carbons (Fsp3) is 0.0526. The smallest absolute Gasteiger partial charge is 0.189 e. The van der Waals surface area contributed by atoms with E-state index >= 15 is 0 Å². The summed E-state index contributed by atoms with van der Waals surface area (Å²) >= 11 is 0. The zero-order chi connectivity index (χ0) is 15.1. The molecule has 0 unspecified atom stereocenters. The summed E-state index contributed by atoms with van der Waals surface area (Å²) in [5.74, 6) is 0.242. The van der Waals surface area contributed by atoms with Crippen LogP contribution >= 0.6 is 0 Å². The lowest BCUT2D eigenvalue weighted by Crippen LogP contribution is -1.95. The minimum atomic E-state index is 0.0429. The second-order valence-corrected chi connectivity index (χ2v) is 5.47. The SMILES string of the molecule is O=C1/C(=C/c2ccc3ncccc3c2)Cc2cc(O)ccc21. The van der Waals surface area contributed by atoms with Gasteiger partial charge in [-0.25, -0.2) is 0 Å². The van der Waals surface area contributed by atoms with Crippen molar-refractivity contribution >= 4 is 22.8 Å². The summed E-state index contributed by atoms with van der Waals surface area (Å²) < 4.78 is 0. The number of aromatic nitrogens is 1. The van der Waals surface area contributed by atoms with E-state index in [-0.39, 0.29) is 11.5 Å². The van der Waals surface area contributed by atoms with Crippen LogP contribution in [0.1, 0.15) is 21.5 Å². The molecular formula is C19H13NO2. The molecule has 0 radical (unpaired) electrons. The quantitative estimate of drug-likeness (QED) is 0.693. The summed E-state index contributed by atoms with van der Waals surface area (Å²) in [6, 6.07) is 14.8. The molecule has 22 heavy (non-hydrogen) atoms. The Bertz CT molecular complexity index is 941. The van der Waals surface area contributed by atoms with Gasteiger partial charge in [-0.2, -0.15) is 0 Å². The van der Waals surface area contributed by atoms with Crippen molar-refractivity contribution in [2.24, 2.45) is 0 Å². The number of nitrogens with zero attached hydrogens (tertiary/aromatic N) is 1. The summed E-state index contributed by atoms with van der Waals surface area (Å²) in [7, 11) is 0. The molecule has 1 N–H and O–H groups in total. The molecule has 2 aromatic carbocycles. The molecule has 0 saturated heterocycles. The lowest BCUT2D eigenvalue weighted by molar-refractivity contribution is 0.104. The van der Waals surface area contributed by atoms with Gasteiger partial charge in [0.15, 0.2) is 5.78 Å². The van der Waals surface area contributed by atoms with Crippen molar-refractivity contribution in [2.45, 2.75) is 6.42 Å². The van der Waals surface area contributed by atoms with E-state index < -0.39 is 0 Å². The number of phenolic OH excluding ortho intramolecular Hbond substituents is 1. The first-order chi connectivity index (χ1) is 10.7. The molecule has 4 rings (SSSR count). The third-order valence-electron chi connectivity index (χ3n) is 3.97. The molecule has 0 saturated carbocycles. The fourth-order valence-corrected chi connectivity index (χ4v) is 2.91. The Hall–Kier alpha value is -2.94. The van der Waals surface area contributed by atoms with E-state index in [4.69, 9.17) is 0 Å². The molecule has 0 bridgehead atoms. The van der Waals surface area contributed by atoms with Crippen LogP contribution in [0, 0.1) is 0 Å². The highest BCUT2D eigenvalue weighted by molar-refractivity contribution is 6.15. The van der Waals surface area contributed by atoms with Crippen LogP contribution in [0.2, 0.25) is 0 Å². The molecular weight excluding hydrogens is 274 g/mol. The number of hydrogen-bond acceptors (Lipinski definition) is 3. The third-order valence-corrected chi connectivity index (χ3v) is 3.97. The van der Waals surface area contributed by atoms with Crippen molar-refractivity contribution in [2.75, 3.05) is 0 Å². The van der Waals surface area contributed by atoms with E-state index in [2.05, 4.69) is 4.98 Å². The number of pyridine rings is 1. The van der Waals surface area contributed by atoms with Crippen LogP contribution in [0.15, 0.2) is 60.3 Å². The van der Waals surface area contributed by atoms with Gasteiger partial charge in [0.2, 0.25) is 0 Å². The second-order valence-electron chi connectivity index (χ2n) is 5.47. The summed E-state index contributed by atoms with van der Waals surface area (Å²) in [5.41, 5.74) is 4.26. The van der Waals surface area contributed by atoms with E-state index in [0.29, 0.717) is 12.0 Å². The van der Waals surface area contributed by atoms with Crippen LogP contribution in [0.4, 0.5) is 0 Å². The zero-order valence-corrected chi connectivity index (χ0v) is 11.8. The predicted molar refractivity (Wildman–Crippen MR) is 85.9 cm³/mol. The molecule has 0 atom stereocenters. The average Bonchev–Trinajstić information content (AvgIpc) is 2.82. The van der Waals surface area contributed by atoms with Crippen molar-refractivity contribution in [3.05, 3.63) is 77.0 Å². The van der Waals surface area contributed by atoms with Crippen LogP contribution in [0.3, 0.4) is 0 Å². The molecule has 3 heteroatoms. The Morgan fingerprint density at radius 2 is 2.00 bits per heavy atom. The Balaban J connectivity index is 1.75. The Labute approximate surface area is 127 Å². The second kappa shape index (κ2) is 4.81. The van der Waals surface area contributed by atoms with Crippen molar-refractivity contribution in [3.63, 3.8) is 0 Å². The summed E-state index contributed by atoms with van der Waals surface area (Å²) in [6.45, 7) is 0. The maximum Gasteiger partial charge on any atom is 0.189 e. The van der Waals surface area contributed by atoms with E-state index in [9.17, 15) is 9.90 Å². The van der Waals surface area contributed by atoms with E-state index in [1.54, 1.807) is 24.4 Å². The fourth-order valence-electron chi connectivity index (χ4n) is 2.91. The minimum absolute atomic E-state index is 0.0429. The van der Waals surface area contributed by atoms with Gasteiger partial charge in [-0.05, 0) is 53.6 Å². The third kappa shape index (κ3) is 2.07. The van der Waals surface area contributed by atoms with Crippen LogP contribution < -0.4 is 0 Å². The minimum Gasteiger partial charge on any atom is -0.508 e. The number of phenols is 1. The molecule has 0 spiro atoms. The monoisotopic (exact) mass is 287 g/mol. The highest BCUT2D eigenvalue weighted by Gasteiger charge is 2.24. The number of rotatable bonds is 1. The molecule has 3 aromatic rings. The topological polar surface area (TPSA) is 50.2 Å². The van der Waals surface area contributed by atoms with Gasteiger partial charge in [0.1, 0.15) is 5.75 Å². The molecule has 1 aromatic heterocycles. The van der Waals surface area contributed by atoms with E-state index in [0.717, 1.165) is 27.6 Å². The molecule has 3 nitrogen and oxygen atoms in total. The summed E-state index contributed by atoms with van der Waals surface area (Å²) in [4.78, 5) is 16.7. The lowest BCUT2D eigenvalue weighted by atomic mass is 10.1. The maximum atomic E-state index is 12.4. The largest absolute Gasteiger partial charge is 0.508 e. The van der Waals surface area contributed by atoms with Crippen molar-refractivity contribution in [1.82, 2.24) is 4.98 Å². The summed E-state index contributed by atoms with van der Waals surface area (Å²) in [6.07, 6.45) is 4.25. The molecule has 0 amide bonds. The van der Waals surface area contributed by atoms with Crippen molar-refractivity contribution in [3.8, 4) is 5.75 Å². The zero-order valence-electron chi connectivity index (χ0n) is 11.8.